The first-order chi connectivity index (χ1) is 5.65. The standard InChI is InChI=1S/C8H15N3O/c1-6(2)5-11-7(3-9)8(12)4-10-11/h4,6,12H,3,5,9H2,1-2H3. The second-order valence-corrected chi connectivity index (χ2v) is 3.26. The van der Waals surface area contributed by atoms with Crippen LogP contribution in [0.4, 0.5) is 0 Å². The topological polar surface area (TPSA) is 64.1 Å². The molecule has 0 saturated carbocycles. The molecule has 0 aliphatic rings. The van der Waals surface area contributed by atoms with Gasteiger partial charge < -0.3 is 10.8 Å². The van der Waals surface area contributed by atoms with E-state index in [4.69, 9.17) is 5.73 Å². The van der Waals surface area contributed by atoms with Gasteiger partial charge in [-0.25, -0.2) is 0 Å². The van der Waals surface area contributed by atoms with E-state index in [0.717, 1.165) is 6.54 Å². The SMILES string of the molecule is CC(C)Cn1ncc(O)c1CN. The number of aromatic hydroxyl groups is 1. The molecule has 0 aromatic carbocycles. The molecule has 0 bridgehead atoms. The van der Waals surface area contributed by atoms with Crippen LogP contribution < -0.4 is 5.73 Å². The molecule has 3 N–H and O–H groups in total. The minimum atomic E-state index is 0.193. The van der Waals surface area contributed by atoms with Gasteiger partial charge in [-0.05, 0) is 5.92 Å². The zero-order valence-electron chi connectivity index (χ0n) is 7.49. The minimum absolute atomic E-state index is 0.193. The molecule has 0 aliphatic heterocycles. The molecule has 0 saturated heterocycles. The fourth-order valence-electron chi connectivity index (χ4n) is 1.11. The third-order valence-electron chi connectivity index (χ3n) is 1.66. The summed E-state index contributed by atoms with van der Waals surface area (Å²) in [4.78, 5) is 0. The van der Waals surface area contributed by atoms with Gasteiger partial charge in [0.2, 0.25) is 0 Å². The quantitative estimate of drug-likeness (QED) is 0.700. The average Bonchev–Trinajstić information content (AvgIpc) is 2.30. The Labute approximate surface area is 72.0 Å². The lowest BCUT2D eigenvalue weighted by atomic mass is 10.2. The first-order valence-corrected chi connectivity index (χ1v) is 4.09. The molecule has 0 fully saturated rings. The van der Waals surface area contributed by atoms with Gasteiger partial charge in [-0.2, -0.15) is 5.10 Å². The summed E-state index contributed by atoms with van der Waals surface area (Å²) in [7, 11) is 0. The maximum absolute atomic E-state index is 9.28. The molecule has 0 radical (unpaired) electrons. The molecule has 0 unspecified atom stereocenters. The highest BCUT2D eigenvalue weighted by Crippen LogP contribution is 2.15. The summed E-state index contributed by atoms with van der Waals surface area (Å²) in [6, 6.07) is 0. The van der Waals surface area contributed by atoms with E-state index in [9.17, 15) is 5.11 Å². The lowest BCUT2D eigenvalue weighted by Gasteiger charge is -2.07. The molecular formula is C8H15N3O. The van der Waals surface area contributed by atoms with Gasteiger partial charge in [-0.15, -0.1) is 0 Å². The van der Waals surface area contributed by atoms with Crippen LogP contribution in [0, 0.1) is 5.92 Å². The predicted octanol–water partition coefficient (Wildman–Crippen LogP) is 0.703. The summed E-state index contributed by atoms with van der Waals surface area (Å²) in [5, 5.41) is 13.3. The maximum atomic E-state index is 9.28. The van der Waals surface area contributed by atoms with E-state index in [0.29, 0.717) is 18.2 Å². The lowest BCUT2D eigenvalue weighted by Crippen LogP contribution is -2.12. The van der Waals surface area contributed by atoms with Crippen molar-refractivity contribution in [2.45, 2.75) is 26.9 Å². The third kappa shape index (κ3) is 1.76. The summed E-state index contributed by atoms with van der Waals surface area (Å²) in [6.45, 7) is 5.32. The first kappa shape index (κ1) is 9.06. The van der Waals surface area contributed by atoms with Crippen LogP contribution in [0.5, 0.6) is 5.75 Å². The molecule has 68 valence electrons. The molecule has 1 rings (SSSR count). The molecule has 0 aliphatic carbocycles. The number of nitrogens with zero attached hydrogens (tertiary/aromatic N) is 2. The van der Waals surface area contributed by atoms with E-state index < -0.39 is 0 Å². The fourth-order valence-corrected chi connectivity index (χ4v) is 1.11. The summed E-state index contributed by atoms with van der Waals surface area (Å²) in [5.74, 6) is 0.702. The number of rotatable bonds is 3. The Morgan fingerprint density at radius 2 is 2.33 bits per heavy atom. The van der Waals surface area contributed by atoms with Crippen LogP contribution in [-0.2, 0) is 13.1 Å². The van der Waals surface area contributed by atoms with Crippen molar-refractivity contribution < 1.29 is 5.11 Å². The van der Waals surface area contributed by atoms with Gasteiger partial charge in [-0.3, -0.25) is 4.68 Å². The van der Waals surface area contributed by atoms with E-state index in [2.05, 4.69) is 18.9 Å². The van der Waals surface area contributed by atoms with E-state index in [1.165, 1.54) is 6.20 Å². The van der Waals surface area contributed by atoms with Crippen LogP contribution in [0.15, 0.2) is 6.20 Å². The van der Waals surface area contributed by atoms with Crippen LogP contribution in [0.25, 0.3) is 0 Å². The number of hydrogen-bond donors (Lipinski definition) is 2. The van der Waals surface area contributed by atoms with E-state index in [1.54, 1.807) is 4.68 Å². The second kappa shape index (κ2) is 3.58. The van der Waals surface area contributed by atoms with Gasteiger partial charge >= 0.3 is 0 Å². The molecule has 1 heterocycles. The molecular weight excluding hydrogens is 154 g/mol. The van der Waals surface area contributed by atoms with Crippen LogP contribution in [0.1, 0.15) is 19.5 Å². The molecule has 1 aromatic rings. The van der Waals surface area contributed by atoms with Gasteiger partial charge in [-0.1, -0.05) is 13.8 Å². The van der Waals surface area contributed by atoms with Gasteiger partial charge in [0.15, 0.2) is 5.75 Å². The average molecular weight is 169 g/mol. The number of nitrogens with two attached hydrogens (primary N) is 1. The van der Waals surface area contributed by atoms with Crippen molar-refractivity contribution in [2.75, 3.05) is 0 Å². The molecule has 4 nitrogen and oxygen atoms in total. The Morgan fingerprint density at radius 3 is 2.83 bits per heavy atom. The largest absolute Gasteiger partial charge is 0.504 e. The Balaban J connectivity index is 2.84. The highest BCUT2D eigenvalue weighted by molar-refractivity contribution is 5.22. The molecule has 4 heteroatoms. The Bertz CT molecular complexity index is 255. The third-order valence-corrected chi connectivity index (χ3v) is 1.66. The Hall–Kier alpha value is -1.03. The smallest absolute Gasteiger partial charge is 0.158 e. The van der Waals surface area contributed by atoms with E-state index in [-0.39, 0.29) is 5.75 Å². The predicted molar refractivity (Wildman–Crippen MR) is 46.6 cm³/mol. The second-order valence-electron chi connectivity index (χ2n) is 3.26. The van der Waals surface area contributed by atoms with Crippen molar-refractivity contribution in [3.63, 3.8) is 0 Å². The summed E-state index contributed by atoms with van der Waals surface area (Å²) >= 11 is 0. The van der Waals surface area contributed by atoms with Gasteiger partial charge in [0, 0.05) is 13.1 Å². The van der Waals surface area contributed by atoms with E-state index >= 15 is 0 Å². The summed E-state index contributed by atoms with van der Waals surface area (Å²) in [5.41, 5.74) is 6.16. The Kier molecular flexibility index (Phi) is 2.70. The van der Waals surface area contributed by atoms with Crippen molar-refractivity contribution in [1.82, 2.24) is 9.78 Å². The molecule has 1 aromatic heterocycles. The molecule has 12 heavy (non-hydrogen) atoms. The van der Waals surface area contributed by atoms with Gasteiger partial charge in [0.1, 0.15) is 0 Å². The van der Waals surface area contributed by atoms with Gasteiger partial charge in [0.05, 0.1) is 11.9 Å². The molecule has 0 atom stereocenters. The zero-order valence-corrected chi connectivity index (χ0v) is 7.49. The first-order valence-electron chi connectivity index (χ1n) is 4.09. The number of aromatic nitrogens is 2. The highest BCUT2D eigenvalue weighted by Gasteiger charge is 2.08. The van der Waals surface area contributed by atoms with Crippen molar-refractivity contribution in [3.8, 4) is 5.75 Å². The Morgan fingerprint density at radius 1 is 1.67 bits per heavy atom. The van der Waals surface area contributed by atoms with E-state index in [1.807, 2.05) is 0 Å². The fraction of sp³-hybridized carbons (Fsp3) is 0.625. The minimum Gasteiger partial charge on any atom is -0.504 e. The van der Waals surface area contributed by atoms with Gasteiger partial charge in [0.25, 0.3) is 0 Å². The molecule has 0 amide bonds. The normalized spacial score (nSPS) is 11.0. The molecule has 0 spiro atoms. The van der Waals surface area contributed by atoms with Crippen molar-refractivity contribution in [3.05, 3.63) is 11.9 Å². The van der Waals surface area contributed by atoms with Crippen LogP contribution >= 0.6 is 0 Å². The lowest BCUT2D eigenvalue weighted by molar-refractivity contribution is 0.445. The monoisotopic (exact) mass is 169 g/mol. The zero-order chi connectivity index (χ0) is 9.14. The highest BCUT2D eigenvalue weighted by atomic mass is 16.3. The van der Waals surface area contributed by atoms with Crippen molar-refractivity contribution in [2.24, 2.45) is 11.7 Å². The summed E-state index contributed by atoms with van der Waals surface area (Å²) in [6.07, 6.45) is 1.44. The van der Waals surface area contributed by atoms with Crippen LogP contribution in [0.2, 0.25) is 0 Å². The maximum Gasteiger partial charge on any atom is 0.158 e. The van der Waals surface area contributed by atoms with Crippen LogP contribution in [-0.4, -0.2) is 14.9 Å². The van der Waals surface area contributed by atoms with Crippen LogP contribution in [0.3, 0.4) is 0 Å². The summed E-state index contributed by atoms with van der Waals surface area (Å²) < 4.78 is 1.75. The van der Waals surface area contributed by atoms with Crippen molar-refractivity contribution >= 4 is 0 Å². The van der Waals surface area contributed by atoms with Crippen molar-refractivity contribution in [1.29, 1.82) is 0 Å². The number of hydrogen-bond acceptors (Lipinski definition) is 3.